The van der Waals surface area contributed by atoms with Gasteiger partial charge in [-0.1, -0.05) is 0 Å². The Hall–Kier alpha value is -1.42. The zero-order valence-electron chi connectivity index (χ0n) is 8.03. The molecule has 1 heterocycles. The third-order valence-electron chi connectivity index (χ3n) is 2.17. The van der Waals surface area contributed by atoms with E-state index in [-0.39, 0.29) is 5.56 Å². The number of hydrogen-bond donors (Lipinski definition) is 1. The summed E-state index contributed by atoms with van der Waals surface area (Å²) >= 11 is 1.36. The minimum Gasteiger partial charge on any atom is -0.478 e. The number of rotatable bonds is 2. The van der Waals surface area contributed by atoms with E-state index in [1.807, 2.05) is 0 Å². The number of carbonyl (C=O) groups is 1. The van der Waals surface area contributed by atoms with Crippen LogP contribution < -0.4 is 0 Å². The first kappa shape index (κ1) is 10.1. The number of benzene rings is 1. The summed E-state index contributed by atoms with van der Waals surface area (Å²) in [4.78, 5) is 11.3. The molecule has 0 fully saturated rings. The molecule has 0 spiro atoms. The van der Waals surface area contributed by atoms with Gasteiger partial charge in [-0.15, -0.1) is 11.3 Å². The largest absolute Gasteiger partial charge is 0.478 e. The maximum atomic E-state index is 13.0. The summed E-state index contributed by atoms with van der Waals surface area (Å²) in [5.41, 5.74) is 0.235. The molecule has 0 bridgehead atoms. The maximum Gasteiger partial charge on any atom is 0.335 e. The van der Waals surface area contributed by atoms with Gasteiger partial charge >= 0.3 is 5.97 Å². The lowest BCUT2D eigenvalue weighted by Gasteiger charge is -1.92. The first-order chi connectivity index (χ1) is 7.08. The fourth-order valence-electron chi connectivity index (χ4n) is 1.39. The predicted octanol–water partition coefficient (Wildman–Crippen LogP) is 3.63. The van der Waals surface area contributed by atoms with E-state index < -0.39 is 12.1 Å². The van der Waals surface area contributed by atoms with Gasteiger partial charge in [0.1, 0.15) is 6.17 Å². The summed E-state index contributed by atoms with van der Waals surface area (Å²) in [5.74, 6) is -0.960. The van der Waals surface area contributed by atoms with Crippen LogP contribution in [0.1, 0.15) is 28.3 Å². The Kier molecular flexibility index (Phi) is 2.44. The molecule has 1 unspecified atom stereocenters. The minimum atomic E-state index is -1.00. The molecule has 2 rings (SSSR count). The smallest absolute Gasteiger partial charge is 0.335 e. The van der Waals surface area contributed by atoms with Crippen molar-refractivity contribution in [3.8, 4) is 0 Å². The average Bonchev–Trinajstić information content (AvgIpc) is 2.59. The lowest BCUT2D eigenvalue weighted by atomic mass is 10.1. The van der Waals surface area contributed by atoms with Gasteiger partial charge in [0.2, 0.25) is 0 Å². The Balaban J connectivity index is 2.57. The number of halogens is 1. The summed E-state index contributed by atoms with van der Waals surface area (Å²) in [5, 5.41) is 9.58. The summed E-state index contributed by atoms with van der Waals surface area (Å²) in [7, 11) is 0. The third kappa shape index (κ3) is 1.85. The van der Waals surface area contributed by atoms with Crippen molar-refractivity contribution < 1.29 is 14.3 Å². The molecule has 2 aromatic rings. The third-order valence-corrected chi connectivity index (χ3v) is 3.44. The Morgan fingerprint density at radius 1 is 1.47 bits per heavy atom. The Bertz CT molecular complexity index is 516. The second-order valence-corrected chi connectivity index (χ2v) is 4.44. The van der Waals surface area contributed by atoms with Gasteiger partial charge in [0.25, 0.3) is 0 Å². The van der Waals surface area contributed by atoms with Crippen molar-refractivity contribution in [1.29, 1.82) is 0 Å². The molecule has 0 aliphatic heterocycles. The van der Waals surface area contributed by atoms with E-state index in [1.54, 1.807) is 18.2 Å². The van der Waals surface area contributed by atoms with Crippen LogP contribution >= 0.6 is 11.3 Å². The SMILES string of the molecule is CC(F)c1cc2cc(C(=O)O)ccc2s1. The molecule has 0 saturated heterocycles. The highest BCUT2D eigenvalue weighted by molar-refractivity contribution is 7.19. The quantitative estimate of drug-likeness (QED) is 0.845. The second kappa shape index (κ2) is 3.62. The minimum absolute atomic E-state index is 0.235. The number of hydrogen-bond acceptors (Lipinski definition) is 2. The lowest BCUT2D eigenvalue weighted by molar-refractivity contribution is 0.0697. The number of carboxylic acid groups (broad SMARTS) is 1. The van der Waals surface area contributed by atoms with E-state index in [4.69, 9.17) is 5.11 Å². The highest BCUT2D eigenvalue weighted by Gasteiger charge is 2.10. The van der Waals surface area contributed by atoms with Crippen LogP contribution in [0.25, 0.3) is 10.1 Å². The molecule has 1 N–H and O–H groups in total. The fourth-order valence-corrected chi connectivity index (χ4v) is 2.37. The summed E-state index contributed by atoms with van der Waals surface area (Å²) < 4.78 is 13.9. The highest BCUT2D eigenvalue weighted by Crippen LogP contribution is 2.31. The predicted molar refractivity (Wildman–Crippen MR) is 58.3 cm³/mol. The van der Waals surface area contributed by atoms with E-state index in [0.29, 0.717) is 4.88 Å². The van der Waals surface area contributed by atoms with Crippen molar-refractivity contribution in [1.82, 2.24) is 0 Å². The van der Waals surface area contributed by atoms with Gasteiger partial charge in [-0.2, -0.15) is 0 Å². The molecule has 1 atom stereocenters. The van der Waals surface area contributed by atoms with Gasteiger partial charge in [0.05, 0.1) is 5.56 Å². The molecule has 0 aliphatic carbocycles. The average molecular weight is 224 g/mol. The molecule has 0 saturated carbocycles. The molecule has 1 aromatic carbocycles. The Labute approximate surface area is 90.0 Å². The van der Waals surface area contributed by atoms with Gasteiger partial charge in [0.15, 0.2) is 0 Å². The van der Waals surface area contributed by atoms with Gasteiger partial charge < -0.3 is 5.11 Å². The normalized spacial score (nSPS) is 12.9. The van der Waals surface area contributed by atoms with E-state index in [2.05, 4.69) is 0 Å². The highest BCUT2D eigenvalue weighted by atomic mass is 32.1. The molecule has 1 aromatic heterocycles. The molecular weight excluding hydrogens is 215 g/mol. The van der Waals surface area contributed by atoms with Gasteiger partial charge in [-0.05, 0) is 36.6 Å². The van der Waals surface area contributed by atoms with Crippen molar-refractivity contribution in [3.63, 3.8) is 0 Å². The Morgan fingerprint density at radius 3 is 2.80 bits per heavy atom. The fraction of sp³-hybridized carbons (Fsp3) is 0.182. The van der Waals surface area contributed by atoms with Crippen molar-refractivity contribution in [2.24, 2.45) is 0 Å². The van der Waals surface area contributed by atoms with Crippen LogP contribution in [-0.4, -0.2) is 11.1 Å². The van der Waals surface area contributed by atoms with Gasteiger partial charge in [0, 0.05) is 9.58 Å². The standard InChI is InChI=1S/C11H9FO2S/c1-6(12)10-5-8-4-7(11(13)14)2-3-9(8)15-10/h2-6H,1H3,(H,13,14). The number of alkyl halides is 1. The van der Waals surface area contributed by atoms with E-state index in [0.717, 1.165) is 10.1 Å². The van der Waals surface area contributed by atoms with Crippen LogP contribution in [0.2, 0.25) is 0 Å². The molecular formula is C11H9FO2S. The van der Waals surface area contributed by atoms with Crippen molar-refractivity contribution in [3.05, 3.63) is 34.7 Å². The molecule has 2 nitrogen and oxygen atoms in total. The maximum absolute atomic E-state index is 13.0. The molecule has 0 radical (unpaired) electrons. The van der Waals surface area contributed by atoms with E-state index in [9.17, 15) is 9.18 Å². The van der Waals surface area contributed by atoms with Crippen LogP contribution in [0, 0.1) is 0 Å². The zero-order chi connectivity index (χ0) is 11.0. The summed E-state index contributed by atoms with van der Waals surface area (Å²) in [6.45, 7) is 1.48. The topological polar surface area (TPSA) is 37.3 Å². The number of carboxylic acids is 1. The molecule has 78 valence electrons. The van der Waals surface area contributed by atoms with E-state index in [1.165, 1.54) is 24.3 Å². The number of aromatic carboxylic acids is 1. The van der Waals surface area contributed by atoms with E-state index >= 15 is 0 Å². The molecule has 0 amide bonds. The van der Waals surface area contributed by atoms with Crippen LogP contribution in [0.4, 0.5) is 4.39 Å². The number of thiophene rings is 1. The molecule has 15 heavy (non-hydrogen) atoms. The number of fused-ring (bicyclic) bond motifs is 1. The van der Waals surface area contributed by atoms with Gasteiger partial charge in [-0.3, -0.25) is 0 Å². The van der Waals surface area contributed by atoms with Crippen molar-refractivity contribution in [2.45, 2.75) is 13.1 Å². The summed E-state index contributed by atoms with van der Waals surface area (Å²) in [6, 6.07) is 6.53. The van der Waals surface area contributed by atoms with Crippen LogP contribution in [0.5, 0.6) is 0 Å². The van der Waals surface area contributed by atoms with Crippen molar-refractivity contribution in [2.75, 3.05) is 0 Å². The summed E-state index contributed by atoms with van der Waals surface area (Å²) in [6.07, 6.45) is -1.00. The van der Waals surface area contributed by atoms with Crippen LogP contribution in [0.15, 0.2) is 24.3 Å². The second-order valence-electron chi connectivity index (χ2n) is 3.32. The molecule has 4 heteroatoms. The first-order valence-corrected chi connectivity index (χ1v) is 5.30. The van der Waals surface area contributed by atoms with Crippen molar-refractivity contribution >= 4 is 27.4 Å². The molecule has 0 aliphatic rings. The zero-order valence-corrected chi connectivity index (χ0v) is 8.84. The Morgan fingerprint density at radius 2 is 2.20 bits per heavy atom. The van der Waals surface area contributed by atoms with Crippen LogP contribution in [0.3, 0.4) is 0 Å². The lowest BCUT2D eigenvalue weighted by Crippen LogP contribution is -1.94. The van der Waals surface area contributed by atoms with Gasteiger partial charge in [-0.25, -0.2) is 9.18 Å². The van der Waals surface area contributed by atoms with Crippen LogP contribution in [-0.2, 0) is 0 Å². The monoisotopic (exact) mass is 224 g/mol. The first-order valence-electron chi connectivity index (χ1n) is 4.49.